The summed E-state index contributed by atoms with van der Waals surface area (Å²) in [6.45, 7) is 3.59. The maximum absolute atomic E-state index is 12.7. The first kappa shape index (κ1) is 17.4. The van der Waals surface area contributed by atoms with Crippen LogP contribution in [0.15, 0.2) is 24.8 Å². The van der Waals surface area contributed by atoms with Crippen molar-refractivity contribution in [3.63, 3.8) is 0 Å². The molecular weight excluding hydrogens is 333 g/mol. The molecule has 6 nitrogen and oxygen atoms in total. The van der Waals surface area contributed by atoms with E-state index in [1.807, 2.05) is 13.0 Å². The van der Waals surface area contributed by atoms with Crippen LogP contribution in [-0.2, 0) is 12.6 Å². The van der Waals surface area contributed by atoms with Crippen LogP contribution in [0.3, 0.4) is 0 Å². The fourth-order valence-corrected chi connectivity index (χ4v) is 2.81. The summed E-state index contributed by atoms with van der Waals surface area (Å²) in [5.74, 6) is 1.10. The van der Waals surface area contributed by atoms with Gasteiger partial charge in [0, 0.05) is 37.0 Å². The number of aryl methyl sites for hydroxylation is 1. The van der Waals surface area contributed by atoms with Gasteiger partial charge >= 0.3 is 6.18 Å². The summed E-state index contributed by atoms with van der Waals surface area (Å²) in [6, 6.07) is 3.00. The number of hydrogen-bond acceptors (Lipinski definition) is 6. The van der Waals surface area contributed by atoms with E-state index < -0.39 is 11.9 Å². The number of halogens is 3. The van der Waals surface area contributed by atoms with Gasteiger partial charge in [-0.2, -0.15) is 13.2 Å². The molecule has 134 valence electrons. The van der Waals surface area contributed by atoms with Crippen molar-refractivity contribution in [1.29, 1.82) is 0 Å². The summed E-state index contributed by atoms with van der Waals surface area (Å²) in [4.78, 5) is 17.8. The Morgan fingerprint density at radius 2 is 1.80 bits per heavy atom. The van der Waals surface area contributed by atoms with Gasteiger partial charge < -0.3 is 10.2 Å². The Kier molecular flexibility index (Phi) is 5.00. The molecule has 1 saturated heterocycles. The van der Waals surface area contributed by atoms with Crippen molar-refractivity contribution < 1.29 is 13.2 Å². The summed E-state index contributed by atoms with van der Waals surface area (Å²) in [6.07, 6.45) is 0.467. The van der Waals surface area contributed by atoms with Crippen LogP contribution in [0, 0.1) is 0 Å². The highest BCUT2D eigenvalue weighted by Crippen LogP contribution is 2.28. The van der Waals surface area contributed by atoms with E-state index >= 15 is 0 Å². The molecule has 0 atom stereocenters. The summed E-state index contributed by atoms with van der Waals surface area (Å²) in [7, 11) is 0. The molecule has 0 bridgehead atoms. The molecule has 2 aromatic heterocycles. The van der Waals surface area contributed by atoms with Crippen LogP contribution < -0.4 is 10.2 Å². The number of anilines is 2. The van der Waals surface area contributed by atoms with Gasteiger partial charge in [-0.15, -0.1) is 0 Å². The third-order valence-electron chi connectivity index (χ3n) is 4.20. The van der Waals surface area contributed by atoms with Gasteiger partial charge in [-0.3, -0.25) is 0 Å². The molecule has 0 aromatic carbocycles. The standard InChI is InChI=1S/C16H19F3N6/c1-2-11-7-15(23-9-20-11)25-5-3-12(4-6-25)24-14-8-13(16(17,18)19)21-10-22-14/h7-10,12H,2-6H2,1H3,(H,21,22,24). The molecule has 0 spiro atoms. The summed E-state index contributed by atoms with van der Waals surface area (Å²) in [5.41, 5.74) is 0.0569. The van der Waals surface area contributed by atoms with E-state index in [1.54, 1.807) is 6.33 Å². The Bertz CT molecular complexity index is 713. The minimum atomic E-state index is -4.47. The molecule has 1 aliphatic rings. The number of rotatable bonds is 4. The second-order valence-electron chi connectivity index (χ2n) is 5.91. The lowest BCUT2D eigenvalue weighted by molar-refractivity contribution is -0.141. The van der Waals surface area contributed by atoms with Crippen LogP contribution >= 0.6 is 0 Å². The van der Waals surface area contributed by atoms with Crippen molar-refractivity contribution in [3.8, 4) is 0 Å². The molecule has 0 unspecified atom stereocenters. The molecule has 0 aliphatic carbocycles. The molecule has 3 rings (SSSR count). The van der Waals surface area contributed by atoms with Gasteiger partial charge in [0.05, 0.1) is 0 Å². The first-order valence-corrected chi connectivity index (χ1v) is 8.17. The zero-order chi connectivity index (χ0) is 17.9. The van der Waals surface area contributed by atoms with Gasteiger partial charge in [-0.25, -0.2) is 19.9 Å². The van der Waals surface area contributed by atoms with E-state index in [0.29, 0.717) is 0 Å². The molecule has 9 heteroatoms. The van der Waals surface area contributed by atoms with Crippen molar-refractivity contribution in [1.82, 2.24) is 19.9 Å². The SMILES string of the molecule is CCc1cc(N2CCC(Nc3cc(C(F)(F)F)ncn3)CC2)ncn1. The quantitative estimate of drug-likeness (QED) is 0.913. The maximum atomic E-state index is 12.7. The predicted octanol–water partition coefficient (Wildman–Crippen LogP) is 2.93. The van der Waals surface area contributed by atoms with E-state index in [1.165, 1.54) is 0 Å². The lowest BCUT2D eigenvalue weighted by Crippen LogP contribution is -2.39. The molecule has 3 heterocycles. The average Bonchev–Trinajstić information content (AvgIpc) is 2.62. The maximum Gasteiger partial charge on any atom is 0.433 e. The number of nitrogens with one attached hydrogen (secondary N) is 1. The van der Waals surface area contributed by atoms with E-state index in [0.717, 1.165) is 56.3 Å². The number of nitrogens with zero attached hydrogens (tertiary/aromatic N) is 5. The molecule has 2 aromatic rings. The first-order chi connectivity index (χ1) is 12.0. The van der Waals surface area contributed by atoms with Crippen LogP contribution in [-0.4, -0.2) is 39.1 Å². The van der Waals surface area contributed by atoms with E-state index in [-0.39, 0.29) is 11.9 Å². The smallest absolute Gasteiger partial charge is 0.367 e. The van der Waals surface area contributed by atoms with Crippen molar-refractivity contribution in [2.45, 2.75) is 38.4 Å². The Morgan fingerprint density at radius 1 is 1.08 bits per heavy atom. The Morgan fingerprint density at radius 3 is 2.48 bits per heavy atom. The largest absolute Gasteiger partial charge is 0.433 e. The highest BCUT2D eigenvalue weighted by Gasteiger charge is 2.33. The molecule has 1 N–H and O–H groups in total. The zero-order valence-electron chi connectivity index (χ0n) is 13.8. The molecule has 0 radical (unpaired) electrons. The molecule has 1 fully saturated rings. The minimum absolute atomic E-state index is 0.0692. The van der Waals surface area contributed by atoms with Crippen LogP contribution in [0.4, 0.5) is 24.8 Å². The molecule has 1 aliphatic heterocycles. The van der Waals surface area contributed by atoms with Gasteiger partial charge in [0.2, 0.25) is 0 Å². The van der Waals surface area contributed by atoms with Gasteiger partial charge in [0.1, 0.15) is 30.0 Å². The Balaban J connectivity index is 1.59. The average molecular weight is 352 g/mol. The summed E-state index contributed by atoms with van der Waals surface area (Å²) >= 11 is 0. The molecule has 25 heavy (non-hydrogen) atoms. The normalized spacial score (nSPS) is 16.1. The van der Waals surface area contributed by atoms with Crippen LogP contribution in [0.2, 0.25) is 0 Å². The second-order valence-corrected chi connectivity index (χ2v) is 5.91. The van der Waals surface area contributed by atoms with Crippen molar-refractivity contribution in [2.75, 3.05) is 23.3 Å². The summed E-state index contributed by atoms with van der Waals surface area (Å²) in [5, 5.41) is 3.08. The van der Waals surface area contributed by atoms with Crippen molar-refractivity contribution in [3.05, 3.63) is 36.2 Å². The van der Waals surface area contributed by atoms with Crippen LogP contribution in [0.1, 0.15) is 31.2 Å². The Hall–Kier alpha value is -2.45. The Labute approximate surface area is 143 Å². The lowest BCUT2D eigenvalue weighted by atomic mass is 10.0. The van der Waals surface area contributed by atoms with E-state index in [4.69, 9.17) is 0 Å². The molecular formula is C16H19F3N6. The second kappa shape index (κ2) is 7.20. The third-order valence-corrected chi connectivity index (χ3v) is 4.20. The minimum Gasteiger partial charge on any atom is -0.367 e. The van der Waals surface area contributed by atoms with Crippen LogP contribution in [0.5, 0.6) is 0 Å². The van der Waals surface area contributed by atoms with Crippen LogP contribution in [0.25, 0.3) is 0 Å². The predicted molar refractivity (Wildman–Crippen MR) is 87.3 cm³/mol. The lowest BCUT2D eigenvalue weighted by Gasteiger charge is -2.33. The number of hydrogen-bond donors (Lipinski definition) is 1. The van der Waals surface area contributed by atoms with Gasteiger partial charge in [0.25, 0.3) is 0 Å². The van der Waals surface area contributed by atoms with Gasteiger partial charge in [-0.1, -0.05) is 6.92 Å². The fourth-order valence-electron chi connectivity index (χ4n) is 2.81. The highest BCUT2D eigenvalue weighted by atomic mass is 19.4. The highest BCUT2D eigenvalue weighted by molar-refractivity contribution is 5.41. The van der Waals surface area contributed by atoms with E-state index in [9.17, 15) is 13.2 Å². The fraction of sp³-hybridized carbons (Fsp3) is 0.500. The number of aromatic nitrogens is 4. The van der Waals surface area contributed by atoms with Gasteiger partial charge in [0.15, 0.2) is 0 Å². The van der Waals surface area contributed by atoms with E-state index in [2.05, 4.69) is 30.2 Å². The summed E-state index contributed by atoms with van der Waals surface area (Å²) < 4.78 is 38.1. The molecule has 0 saturated carbocycles. The number of piperidine rings is 1. The number of alkyl halides is 3. The first-order valence-electron chi connectivity index (χ1n) is 8.17. The zero-order valence-corrected chi connectivity index (χ0v) is 13.8. The third kappa shape index (κ3) is 4.34. The molecule has 0 amide bonds. The topological polar surface area (TPSA) is 66.8 Å². The van der Waals surface area contributed by atoms with Crippen molar-refractivity contribution in [2.24, 2.45) is 0 Å². The monoisotopic (exact) mass is 352 g/mol. The van der Waals surface area contributed by atoms with Gasteiger partial charge in [-0.05, 0) is 19.3 Å². The van der Waals surface area contributed by atoms with Crippen molar-refractivity contribution >= 4 is 11.6 Å².